The van der Waals surface area contributed by atoms with Crippen LogP contribution in [0.3, 0.4) is 0 Å². The van der Waals surface area contributed by atoms with Crippen LogP contribution in [0.1, 0.15) is 39.0 Å². The van der Waals surface area contributed by atoms with Crippen LogP contribution >= 0.6 is 0 Å². The molecule has 0 unspecified atom stereocenters. The lowest BCUT2D eigenvalue weighted by atomic mass is 10.1. The number of nitrogens with zero attached hydrogens (tertiary/aromatic N) is 3. The highest BCUT2D eigenvalue weighted by Crippen LogP contribution is 2.15. The Bertz CT molecular complexity index is 523. The maximum absolute atomic E-state index is 4.47. The van der Waals surface area contributed by atoms with Crippen molar-refractivity contribution >= 4 is 0 Å². The molecule has 19 heavy (non-hydrogen) atoms. The van der Waals surface area contributed by atoms with E-state index in [1.54, 1.807) is 6.20 Å². The van der Waals surface area contributed by atoms with Gasteiger partial charge >= 0.3 is 0 Å². The van der Waals surface area contributed by atoms with Crippen LogP contribution in [0.5, 0.6) is 0 Å². The molecule has 0 aliphatic rings. The van der Waals surface area contributed by atoms with Gasteiger partial charge in [0.25, 0.3) is 0 Å². The average molecular weight is 258 g/mol. The van der Waals surface area contributed by atoms with Crippen LogP contribution in [0, 0.1) is 0 Å². The summed E-state index contributed by atoms with van der Waals surface area (Å²) in [7, 11) is 0. The van der Waals surface area contributed by atoms with Crippen molar-refractivity contribution in [1.82, 2.24) is 20.1 Å². The number of aromatic nitrogens is 3. The first-order valence-corrected chi connectivity index (χ1v) is 6.73. The van der Waals surface area contributed by atoms with Crippen LogP contribution in [-0.2, 0) is 13.0 Å². The summed E-state index contributed by atoms with van der Waals surface area (Å²) in [5.41, 5.74) is 2.57. The molecule has 0 aliphatic heterocycles. The first-order valence-electron chi connectivity index (χ1n) is 6.73. The molecule has 4 nitrogen and oxygen atoms in total. The average Bonchev–Trinajstić information content (AvgIpc) is 2.79. The number of nitrogens with one attached hydrogen (secondary N) is 1. The van der Waals surface area contributed by atoms with E-state index >= 15 is 0 Å². The molecule has 4 heteroatoms. The fourth-order valence-electron chi connectivity index (χ4n) is 1.97. The van der Waals surface area contributed by atoms with E-state index in [-0.39, 0.29) is 5.54 Å². The molecular weight excluding hydrogens is 236 g/mol. The number of hydrogen-bond acceptors (Lipinski definition) is 3. The number of hydrogen-bond donors (Lipinski definition) is 1. The fraction of sp³-hybridized carbons (Fsp3) is 0.467. The second-order valence-electron chi connectivity index (χ2n) is 5.67. The molecule has 2 heterocycles. The number of pyridine rings is 1. The molecule has 0 bridgehead atoms. The van der Waals surface area contributed by atoms with Crippen LogP contribution in [0.15, 0.2) is 30.6 Å². The van der Waals surface area contributed by atoms with Gasteiger partial charge in [0, 0.05) is 23.8 Å². The third-order valence-corrected chi connectivity index (χ3v) is 2.97. The van der Waals surface area contributed by atoms with Gasteiger partial charge in [-0.2, -0.15) is 5.10 Å². The van der Waals surface area contributed by atoms with Gasteiger partial charge in [0.05, 0.1) is 11.9 Å². The Morgan fingerprint density at radius 2 is 2.05 bits per heavy atom. The standard InChI is InChI=1S/C15H22N4/c1-5-13-12(10-17-15(2,3)4)11-18-19(13)14-8-6-7-9-16-14/h6-9,11,17H,5,10H2,1-4H3. The summed E-state index contributed by atoms with van der Waals surface area (Å²) >= 11 is 0. The van der Waals surface area contributed by atoms with E-state index in [2.05, 4.69) is 43.1 Å². The highest BCUT2D eigenvalue weighted by Gasteiger charge is 2.14. The van der Waals surface area contributed by atoms with E-state index in [1.807, 2.05) is 29.1 Å². The van der Waals surface area contributed by atoms with Crippen molar-refractivity contribution in [2.75, 3.05) is 0 Å². The predicted octanol–water partition coefficient (Wildman–Crippen LogP) is 2.72. The van der Waals surface area contributed by atoms with Gasteiger partial charge in [-0.25, -0.2) is 9.67 Å². The van der Waals surface area contributed by atoms with Crippen molar-refractivity contribution < 1.29 is 0 Å². The highest BCUT2D eigenvalue weighted by atomic mass is 15.3. The van der Waals surface area contributed by atoms with Gasteiger partial charge in [0.1, 0.15) is 0 Å². The first kappa shape index (κ1) is 13.7. The van der Waals surface area contributed by atoms with Crippen LogP contribution in [-0.4, -0.2) is 20.3 Å². The Kier molecular flexibility index (Phi) is 4.00. The van der Waals surface area contributed by atoms with Gasteiger partial charge in [-0.15, -0.1) is 0 Å². The SMILES string of the molecule is CCc1c(CNC(C)(C)C)cnn1-c1ccccn1. The monoisotopic (exact) mass is 258 g/mol. The summed E-state index contributed by atoms with van der Waals surface area (Å²) in [5, 5.41) is 7.98. The lowest BCUT2D eigenvalue weighted by Gasteiger charge is -2.20. The predicted molar refractivity (Wildman–Crippen MR) is 77.3 cm³/mol. The third kappa shape index (κ3) is 3.41. The zero-order valence-electron chi connectivity index (χ0n) is 12.1. The minimum Gasteiger partial charge on any atom is -0.308 e. The first-order chi connectivity index (χ1) is 9.01. The van der Waals surface area contributed by atoms with Crippen molar-refractivity contribution in [2.24, 2.45) is 0 Å². The molecule has 2 rings (SSSR count). The third-order valence-electron chi connectivity index (χ3n) is 2.97. The molecular formula is C15H22N4. The van der Waals surface area contributed by atoms with Crippen LogP contribution < -0.4 is 5.32 Å². The van der Waals surface area contributed by atoms with E-state index in [0.29, 0.717) is 0 Å². The van der Waals surface area contributed by atoms with Gasteiger partial charge in [-0.1, -0.05) is 13.0 Å². The van der Waals surface area contributed by atoms with Crippen molar-refractivity contribution in [1.29, 1.82) is 0 Å². The normalized spacial score (nSPS) is 11.8. The van der Waals surface area contributed by atoms with Crippen molar-refractivity contribution in [3.8, 4) is 5.82 Å². The van der Waals surface area contributed by atoms with Gasteiger partial charge in [0.15, 0.2) is 5.82 Å². The van der Waals surface area contributed by atoms with Gasteiger partial charge in [-0.05, 0) is 39.3 Å². The minimum atomic E-state index is 0.109. The van der Waals surface area contributed by atoms with Gasteiger partial charge in [0.2, 0.25) is 0 Å². The Balaban J connectivity index is 2.26. The van der Waals surface area contributed by atoms with Crippen LogP contribution in [0.2, 0.25) is 0 Å². The van der Waals surface area contributed by atoms with E-state index < -0.39 is 0 Å². The molecule has 0 saturated heterocycles. The molecule has 0 spiro atoms. The largest absolute Gasteiger partial charge is 0.308 e. The van der Waals surface area contributed by atoms with Crippen molar-refractivity contribution in [3.05, 3.63) is 41.9 Å². The molecule has 0 saturated carbocycles. The molecule has 0 radical (unpaired) electrons. The topological polar surface area (TPSA) is 42.7 Å². The lowest BCUT2D eigenvalue weighted by molar-refractivity contribution is 0.423. The van der Waals surface area contributed by atoms with E-state index in [0.717, 1.165) is 18.8 Å². The van der Waals surface area contributed by atoms with E-state index in [1.165, 1.54) is 11.3 Å². The molecule has 0 aromatic carbocycles. The summed E-state index contributed by atoms with van der Waals surface area (Å²) in [6, 6.07) is 5.88. The molecule has 0 amide bonds. The molecule has 2 aromatic rings. The summed E-state index contributed by atoms with van der Waals surface area (Å²) in [5.74, 6) is 0.876. The Morgan fingerprint density at radius 3 is 2.63 bits per heavy atom. The van der Waals surface area contributed by atoms with Gasteiger partial charge in [-0.3, -0.25) is 0 Å². The Hall–Kier alpha value is -1.68. The maximum atomic E-state index is 4.47. The van der Waals surface area contributed by atoms with Crippen molar-refractivity contribution in [2.45, 2.75) is 46.2 Å². The second kappa shape index (κ2) is 5.53. The Morgan fingerprint density at radius 1 is 1.26 bits per heavy atom. The summed E-state index contributed by atoms with van der Waals surface area (Å²) in [4.78, 5) is 4.36. The molecule has 0 fully saturated rings. The quantitative estimate of drug-likeness (QED) is 0.917. The highest BCUT2D eigenvalue weighted by molar-refractivity contribution is 5.29. The Labute approximate surface area is 114 Å². The van der Waals surface area contributed by atoms with E-state index in [4.69, 9.17) is 0 Å². The summed E-state index contributed by atoms with van der Waals surface area (Å²) in [6.45, 7) is 9.49. The summed E-state index contributed by atoms with van der Waals surface area (Å²) in [6.07, 6.45) is 4.67. The molecule has 102 valence electrons. The summed E-state index contributed by atoms with van der Waals surface area (Å²) < 4.78 is 1.93. The molecule has 0 atom stereocenters. The van der Waals surface area contributed by atoms with E-state index in [9.17, 15) is 0 Å². The van der Waals surface area contributed by atoms with Gasteiger partial charge < -0.3 is 5.32 Å². The molecule has 2 aromatic heterocycles. The van der Waals surface area contributed by atoms with Crippen molar-refractivity contribution in [3.63, 3.8) is 0 Å². The molecule has 1 N–H and O–H groups in total. The fourth-order valence-corrected chi connectivity index (χ4v) is 1.97. The number of rotatable bonds is 4. The minimum absolute atomic E-state index is 0.109. The van der Waals surface area contributed by atoms with Crippen LogP contribution in [0.25, 0.3) is 5.82 Å². The molecule has 0 aliphatic carbocycles. The zero-order chi connectivity index (χ0) is 13.9. The lowest BCUT2D eigenvalue weighted by Crippen LogP contribution is -2.35. The maximum Gasteiger partial charge on any atom is 0.153 e. The van der Waals surface area contributed by atoms with Crippen LogP contribution in [0.4, 0.5) is 0 Å². The smallest absolute Gasteiger partial charge is 0.153 e. The zero-order valence-corrected chi connectivity index (χ0v) is 12.1. The second-order valence-corrected chi connectivity index (χ2v) is 5.67.